The van der Waals surface area contributed by atoms with E-state index in [1.54, 1.807) is 6.92 Å². The van der Waals surface area contributed by atoms with E-state index in [1.807, 2.05) is 36.1 Å². The van der Waals surface area contributed by atoms with Crippen molar-refractivity contribution in [2.24, 2.45) is 0 Å². The zero-order chi connectivity index (χ0) is 15.9. The molecule has 1 fully saturated rings. The van der Waals surface area contributed by atoms with Gasteiger partial charge in [0.15, 0.2) is 0 Å². The van der Waals surface area contributed by atoms with E-state index in [2.05, 4.69) is 5.32 Å². The second-order valence-electron chi connectivity index (χ2n) is 6.10. The summed E-state index contributed by atoms with van der Waals surface area (Å²) in [6.45, 7) is 4.77. The highest BCUT2D eigenvalue weighted by atomic mass is 16.2. The Labute approximate surface area is 132 Å². The third kappa shape index (κ3) is 4.58. The summed E-state index contributed by atoms with van der Waals surface area (Å²) < 4.78 is 0. The van der Waals surface area contributed by atoms with Gasteiger partial charge in [-0.05, 0) is 30.9 Å². The van der Waals surface area contributed by atoms with Crippen LogP contribution in [0.3, 0.4) is 0 Å². The average Bonchev–Trinajstić information content (AvgIpc) is 2.99. The zero-order valence-corrected chi connectivity index (χ0v) is 13.6. The fraction of sp³-hybridized carbons (Fsp3) is 0.556. The van der Waals surface area contributed by atoms with Crippen LogP contribution in [0.1, 0.15) is 43.7 Å². The van der Waals surface area contributed by atoms with Crippen LogP contribution in [0.2, 0.25) is 0 Å². The molecule has 1 N–H and O–H groups in total. The van der Waals surface area contributed by atoms with Crippen molar-refractivity contribution in [1.82, 2.24) is 10.2 Å². The van der Waals surface area contributed by atoms with Crippen LogP contribution in [-0.4, -0.2) is 35.8 Å². The molecule has 0 spiro atoms. The molecule has 0 radical (unpaired) electrons. The monoisotopic (exact) mass is 302 g/mol. The largest absolute Gasteiger partial charge is 0.354 e. The van der Waals surface area contributed by atoms with Gasteiger partial charge in [-0.2, -0.15) is 0 Å². The summed E-state index contributed by atoms with van der Waals surface area (Å²) in [5, 5.41) is 2.93. The van der Waals surface area contributed by atoms with Crippen LogP contribution in [0, 0.1) is 6.92 Å². The van der Waals surface area contributed by atoms with Gasteiger partial charge in [-0.3, -0.25) is 9.59 Å². The van der Waals surface area contributed by atoms with E-state index in [-0.39, 0.29) is 11.8 Å². The SMILES string of the molecule is CC(=O)N(CCNC(=O)Cc1ccccc1C)C1CCCC1. The lowest BCUT2D eigenvalue weighted by molar-refractivity contribution is -0.131. The Morgan fingerprint density at radius 3 is 2.55 bits per heavy atom. The quantitative estimate of drug-likeness (QED) is 0.877. The first-order valence-corrected chi connectivity index (χ1v) is 8.16. The summed E-state index contributed by atoms with van der Waals surface area (Å²) in [4.78, 5) is 25.7. The number of carbonyl (C=O) groups is 2. The maximum Gasteiger partial charge on any atom is 0.224 e. The minimum atomic E-state index is 0.0178. The smallest absolute Gasteiger partial charge is 0.224 e. The molecule has 22 heavy (non-hydrogen) atoms. The van der Waals surface area contributed by atoms with E-state index in [9.17, 15) is 9.59 Å². The molecule has 0 aliphatic heterocycles. The van der Waals surface area contributed by atoms with Gasteiger partial charge in [-0.1, -0.05) is 37.1 Å². The van der Waals surface area contributed by atoms with Crippen LogP contribution in [0.5, 0.6) is 0 Å². The second-order valence-corrected chi connectivity index (χ2v) is 6.10. The molecule has 1 saturated carbocycles. The average molecular weight is 302 g/mol. The first kappa shape index (κ1) is 16.5. The highest BCUT2D eigenvalue weighted by Gasteiger charge is 2.24. The Hall–Kier alpha value is -1.84. The van der Waals surface area contributed by atoms with Gasteiger partial charge in [0.2, 0.25) is 11.8 Å². The van der Waals surface area contributed by atoms with Crippen LogP contribution in [0.15, 0.2) is 24.3 Å². The van der Waals surface area contributed by atoms with Crippen LogP contribution in [0.4, 0.5) is 0 Å². The maximum atomic E-state index is 12.0. The number of rotatable bonds is 6. The highest BCUT2D eigenvalue weighted by Crippen LogP contribution is 2.23. The Balaban J connectivity index is 1.78. The van der Waals surface area contributed by atoms with Crippen molar-refractivity contribution in [1.29, 1.82) is 0 Å². The molecule has 2 rings (SSSR count). The van der Waals surface area contributed by atoms with E-state index in [4.69, 9.17) is 0 Å². The Bertz CT molecular complexity index is 522. The number of hydrogen-bond acceptors (Lipinski definition) is 2. The second kappa shape index (κ2) is 7.97. The molecule has 1 aromatic rings. The molecular formula is C18H26N2O2. The first-order valence-electron chi connectivity index (χ1n) is 8.16. The Morgan fingerprint density at radius 2 is 1.91 bits per heavy atom. The number of carbonyl (C=O) groups excluding carboxylic acids is 2. The summed E-state index contributed by atoms with van der Waals surface area (Å²) in [6.07, 6.45) is 4.99. The third-order valence-corrected chi connectivity index (χ3v) is 4.46. The Kier molecular flexibility index (Phi) is 5.99. The predicted octanol–water partition coefficient (Wildman–Crippen LogP) is 2.44. The van der Waals surface area contributed by atoms with E-state index in [0.717, 1.165) is 24.0 Å². The van der Waals surface area contributed by atoms with Crippen molar-refractivity contribution >= 4 is 11.8 Å². The van der Waals surface area contributed by atoms with Crippen molar-refractivity contribution < 1.29 is 9.59 Å². The van der Waals surface area contributed by atoms with Crippen molar-refractivity contribution in [2.75, 3.05) is 13.1 Å². The van der Waals surface area contributed by atoms with Crippen LogP contribution >= 0.6 is 0 Å². The van der Waals surface area contributed by atoms with Crippen molar-refractivity contribution in [3.8, 4) is 0 Å². The van der Waals surface area contributed by atoms with Crippen molar-refractivity contribution in [3.05, 3.63) is 35.4 Å². The lowest BCUT2D eigenvalue weighted by Gasteiger charge is -2.27. The zero-order valence-electron chi connectivity index (χ0n) is 13.6. The van der Waals surface area contributed by atoms with Gasteiger partial charge in [0.1, 0.15) is 0 Å². The van der Waals surface area contributed by atoms with Gasteiger partial charge in [-0.25, -0.2) is 0 Å². The summed E-state index contributed by atoms with van der Waals surface area (Å²) >= 11 is 0. The molecule has 1 aromatic carbocycles. The standard InChI is InChI=1S/C18H26N2O2/c1-14-7-3-4-8-16(14)13-18(22)19-11-12-20(15(2)21)17-9-5-6-10-17/h3-4,7-8,17H,5-6,9-13H2,1-2H3,(H,19,22). The highest BCUT2D eigenvalue weighted by molar-refractivity contribution is 5.79. The predicted molar refractivity (Wildman–Crippen MR) is 87.5 cm³/mol. The molecule has 4 heteroatoms. The molecule has 0 saturated heterocycles. The minimum Gasteiger partial charge on any atom is -0.354 e. The van der Waals surface area contributed by atoms with Gasteiger partial charge in [0, 0.05) is 26.1 Å². The number of benzene rings is 1. The number of nitrogens with zero attached hydrogens (tertiary/aromatic N) is 1. The summed E-state index contributed by atoms with van der Waals surface area (Å²) in [5.41, 5.74) is 2.19. The van der Waals surface area contributed by atoms with E-state index in [1.165, 1.54) is 12.8 Å². The van der Waals surface area contributed by atoms with Crippen LogP contribution in [-0.2, 0) is 16.0 Å². The molecular weight excluding hydrogens is 276 g/mol. The van der Waals surface area contributed by atoms with E-state index < -0.39 is 0 Å². The molecule has 0 atom stereocenters. The van der Waals surface area contributed by atoms with Gasteiger partial charge in [0.25, 0.3) is 0 Å². The van der Waals surface area contributed by atoms with Crippen molar-refractivity contribution in [3.63, 3.8) is 0 Å². The lowest BCUT2D eigenvalue weighted by atomic mass is 10.1. The number of amides is 2. The summed E-state index contributed by atoms with van der Waals surface area (Å²) in [5.74, 6) is 0.129. The normalized spacial score (nSPS) is 14.8. The van der Waals surface area contributed by atoms with Crippen molar-refractivity contribution in [2.45, 2.75) is 52.0 Å². The fourth-order valence-corrected chi connectivity index (χ4v) is 3.17. The van der Waals surface area contributed by atoms with Gasteiger partial charge < -0.3 is 10.2 Å². The molecule has 1 aliphatic rings. The summed E-state index contributed by atoms with van der Waals surface area (Å²) in [7, 11) is 0. The molecule has 120 valence electrons. The lowest BCUT2D eigenvalue weighted by Crippen LogP contribution is -2.42. The number of nitrogens with one attached hydrogen (secondary N) is 1. The fourth-order valence-electron chi connectivity index (χ4n) is 3.17. The van der Waals surface area contributed by atoms with E-state index >= 15 is 0 Å². The van der Waals surface area contributed by atoms with Crippen LogP contribution in [0.25, 0.3) is 0 Å². The molecule has 0 unspecified atom stereocenters. The van der Waals surface area contributed by atoms with Gasteiger partial charge in [-0.15, -0.1) is 0 Å². The molecule has 1 aliphatic carbocycles. The molecule has 4 nitrogen and oxygen atoms in total. The number of aryl methyl sites for hydroxylation is 1. The minimum absolute atomic E-state index is 0.0178. The summed E-state index contributed by atoms with van der Waals surface area (Å²) in [6, 6.07) is 8.29. The molecule has 0 aromatic heterocycles. The third-order valence-electron chi connectivity index (χ3n) is 4.46. The van der Waals surface area contributed by atoms with Crippen LogP contribution < -0.4 is 5.32 Å². The number of hydrogen-bond donors (Lipinski definition) is 1. The molecule has 2 amide bonds. The topological polar surface area (TPSA) is 49.4 Å². The Morgan fingerprint density at radius 1 is 1.23 bits per heavy atom. The molecule has 0 bridgehead atoms. The van der Waals surface area contributed by atoms with E-state index in [0.29, 0.717) is 25.6 Å². The maximum absolute atomic E-state index is 12.0. The van der Waals surface area contributed by atoms with Gasteiger partial charge >= 0.3 is 0 Å². The van der Waals surface area contributed by atoms with Gasteiger partial charge in [0.05, 0.1) is 6.42 Å². The first-order chi connectivity index (χ1) is 10.6. The molecule has 0 heterocycles.